The SMILES string of the molecule is CC(NCC1CCCC1C(=O)O)c1ccc(Br)cc1Cl. The summed E-state index contributed by atoms with van der Waals surface area (Å²) in [6.07, 6.45) is 2.80. The van der Waals surface area contributed by atoms with E-state index in [2.05, 4.69) is 28.2 Å². The molecule has 1 fully saturated rings. The first-order valence-electron chi connectivity index (χ1n) is 6.90. The number of carbonyl (C=O) groups is 1. The molecule has 0 aliphatic heterocycles. The monoisotopic (exact) mass is 359 g/mol. The molecule has 0 spiro atoms. The van der Waals surface area contributed by atoms with Crippen molar-refractivity contribution >= 4 is 33.5 Å². The van der Waals surface area contributed by atoms with Gasteiger partial charge in [-0.3, -0.25) is 4.79 Å². The molecule has 1 aromatic rings. The molecule has 2 N–H and O–H groups in total. The minimum atomic E-state index is -0.663. The summed E-state index contributed by atoms with van der Waals surface area (Å²) in [6, 6.07) is 5.96. The van der Waals surface area contributed by atoms with Crippen molar-refractivity contribution in [1.29, 1.82) is 0 Å². The summed E-state index contributed by atoms with van der Waals surface area (Å²) in [4.78, 5) is 11.2. The summed E-state index contributed by atoms with van der Waals surface area (Å²) >= 11 is 9.63. The van der Waals surface area contributed by atoms with Gasteiger partial charge in [-0.2, -0.15) is 0 Å². The average Bonchev–Trinajstić information content (AvgIpc) is 2.84. The largest absolute Gasteiger partial charge is 0.481 e. The van der Waals surface area contributed by atoms with Crippen molar-refractivity contribution < 1.29 is 9.90 Å². The van der Waals surface area contributed by atoms with E-state index in [4.69, 9.17) is 11.6 Å². The van der Waals surface area contributed by atoms with Crippen LogP contribution in [0.2, 0.25) is 5.02 Å². The third-order valence-corrected chi connectivity index (χ3v) is 4.91. The molecule has 3 nitrogen and oxygen atoms in total. The fraction of sp³-hybridized carbons (Fsp3) is 0.533. The van der Waals surface area contributed by atoms with Crippen molar-refractivity contribution in [2.24, 2.45) is 11.8 Å². The van der Waals surface area contributed by atoms with E-state index in [1.54, 1.807) is 0 Å². The third-order valence-electron chi connectivity index (χ3n) is 4.09. The van der Waals surface area contributed by atoms with Crippen LogP contribution in [-0.2, 0) is 4.79 Å². The van der Waals surface area contributed by atoms with Crippen molar-refractivity contribution in [1.82, 2.24) is 5.32 Å². The molecular weight excluding hydrogens is 342 g/mol. The van der Waals surface area contributed by atoms with Crippen LogP contribution in [0.4, 0.5) is 0 Å². The summed E-state index contributed by atoms with van der Waals surface area (Å²) in [6.45, 7) is 2.78. The first kappa shape index (κ1) is 15.8. The Balaban J connectivity index is 1.95. The Labute approximate surface area is 132 Å². The van der Waals surface area contributed by atoms with Crippen molar-refractivity contribution in [2.45, 2.75) is 32.2 Å². The van der Waals surface area contributed by atoms with Crippen LogP contribution >= 0.6 is 27.5 Å². The lowest BCUT2D eigenvalue weighted by Gasteiger charge is -2.21. The van der Waals surface area contributed by atoms with Gasteiger partial charge in [0.1, 0.15) is 0 Å². The molecule has 1 aliphatic carbocycles. The van der Waals surface area contributed by atoms with Gasteiger partial charge in [0, 0.05) is 15.5 Å². The second-order valence-corrected chi connectivity index (χ2v) is 6.75. The standard InChI is InChI=1S/C15H19BrClNO2/c1-9(12-6-5-11(16)7-14(12)17)18-8-10-3-2-4-13(10)15(19)20/h5-7,9-10,13,18H,2-4,8H2,1H3,(H,19,20). The fourth-order valence-electron chi connectivity index (χ4n) is 2.90. The zero-order valence-corrected chi connectivity index (χ0v) is 13.7. The van der Waals surface area contributed by atoms with Crippen LogP contribution in [0.15, 0.2) is 22.7 Å². The van der Waals surface area contributed by atoms with E-state index in [1.165, 1.54) is 0 Å². The van der Waals surface area contributed by atoms with Crippen molar-refractivity contribution in [3.63, 3.8) is 0 Å². The number of hydrogen-bond donors (Lipinski definition) is 2. The van der Waals surface area contributed by atoms with Crippen LogP contribution in [0.25, 0.3) is 0 Å². The van der Waals surface area contributed by atoms with E-state index in [9.17, 15) is 9.90 Å². The third kappa shape index (κ3) is 3.74. The topological polar surface area (TPSA) is 49.3 Å². The lowest BCUT2D eigenvalue weighted by Crippen LogP contribution is -2.30. The van der Waals surface area contributed by atoms with E-state index in [0.29, 0.717) is 0 Å². The number of aliphatic carboxylic acids is 1. The predicted octanol–water partition coefficient (Wildman–Crippen LogP) is 4.25. The number of hydrogen-bond acceptors (Lipinski definition) is 2. The van der Waals surface area contributed by atoms with Crippen LogP contribution in [-0.4, -0.2) is 17.6 Å². The van der Waals surface area contributed by atoms with Crippen molar-refractivity contribution in [3.05, 3.63) is 33.3 Å². The van der Waals surface area contributed by atoms with Gasteiger partial charge in [0.2, 0.25) is 0 Å². The van der Waals surface area contributed by atoms with Gasteiger partial charge in [0.05, 0.1) is 5.92 Å². The second kappa shape index (κ2) is 6.92. The molecule has 110 valence electrons. The molecular formula is C15H19BrClNO2. The Morgan fingerprint density at radius 3 is 2.95 bits per heavy atom. The smallest absolute Gasteiger partial charge is 0.306 e. The maximum Gasteiger partial charge on any atom is 0.306 e. The molecule has 0 radical (unpaired) electrons. The molecule has 5 heteroatoms. The molecule has 0 aromatic heterocycles. The lowest BCUT2D eigenvalue weighted by atomic mass is 9.95. The molecule has 0 heterocycles. The normalized spacial score (nSPS) is 23.8. The predicted molar refractivity (Wildman–Crippen MR) is 84.0 cm³/mol. The highest BCUT2D eigenvalue weighted by atomic mass is 79.9. The molecule has 20 heavy (non-hydrogen) atoms. The Bertz CT molecular complexity index is 495. The molecule has 0 saturated heterocycles. The van der Waals surface area contributed by atoms with Gasteiger partial charge in [-0.15, -0.1) is 0 Å². The summed E-state index contributed by atoms with van der Waals surface area (Å²) < 4.78 is 0.959. The minimum Gasteiger partial charge on any atom is -0.481 e. The Morgan fingerprint density at radius 1 is 1.55 bits per heavy atom. The second-order valence-electron chi connectivity index (χ2n) is 5.43. The molecule has 1 aromatic carbocycles. The van der Waals surface area contributed by atoms with Gasteiger partial charge < -0.3 is 10.4 Å². The summed E-state index contributed by atoms with van der Waals surface area (Å²) in [5.74, 6) is -0.636. The first-order chi connectivity index (χ1) is 9.49. The first-order valence-corrected chi connectivity index (χ1v) is 8.07. The van der Waals surface area contributed by atoms with Gasteiger partial charge in [-0.05, 0) is 49.9 Å². The zero-order chi connectivity index (χ0) is 14.7. The molecule has 3 unspecified atom stereocenters. The lowest BCUT2D eigenvalue weighted by molar-refractivity contribution is -0.142. The molecule has 1 saturated carbocycles. The summed E-state index contributed by atoms with van der Waals surface area (Å²) in [5, 5.41) is 13.3. The number of carboxylic acids is 1. The average molecular weight is 361 g/mol. The molecule has 1 aliphatic rings. The number of halogens is 2. The van der Waals surface area contributed by atoms with E-state index in [0.717, 1.165) is 40.9 Å². The molecule has 0 bridgehead atoms. The Hall–Kier alpha value is -0.580. The Kier molecular flexibility index (Phi) is 5.47. The fourth-order valence-corrected chi connectivity index (χ4v) is 3.73. The number of benzene rings is 1. The van der Waals surface area contributed by atoms with Gasteiger partial charge in [-0.25, -0.2) is 0 Å². The highest BCUT2D eigenvalue weighted by molar-refractivity contribution is 9.10. The van der Waals surface area contributed by atoms with Crippen LogP contribution in [0, 0.1) is 11.8 Å². The number of rotatable bonds is 5. The van der Waals surface area contributed by atoms with E-state index in [-0.39, 0.29) is 17.9 Å². The molecule has 0 amide bonds. The minimum absolute atomic E-state index is 0.116. The number of nitrogens with one attached hydrogen (secondary N) is 1. The number of carboxylic acid groups (broad SMARTS) is 1. The highest BCUT2D eigenvalue weighted by Crippen LogP contribution is 2.32. The van der Waals surface area contributed by atoms with Gasteiger partial charge in [0.15, 0.2) is 0 Å². The quantitative estimate of drug-likeness (QED) is 0.825. The van der Waals surface area contributed by atoms with Crippen molar-refractivity contribution in [3.8, 4) is 0 Å². The van der Waals surface area contributed by atoms with E-state index in [1.807, 2.05) is 18.2 Å². The maximum absolute atomic E-state index is 11.2. The van der Waals surface area contributed by atoms with E-state index < -0.39 is 5.97 Å². The van der Waals surface area contributed by atoms with Crippen LogP contribution in [0.3, 0.4) is 0 Å². The van der Waals surface area contributed by atoms with Gasteiger partial charge >= 0.3 is 5.97 Å². The zero-order valence-electron chi connectivity index (χ0n) is 11.4. The highest BCUT2D eigenvalue weighted by Gasteiger charge is 2.32. The van der Waals surface area contributed by atoms with Crippen molar-refractivity contribution in [2.75, 3.05) is 6.54 Å². The Morgan fingerprint density at radius 2 is 2.30 bits per heavy atom. The van der Waals surface area contributed by atoms with Crippen LogP contribution in [0.1, 0.15) is 37.8 Å². The van der Waals surface area contributed by atoms with Crippen LogP contribution < -0.4 is 5.32 Å². The van der Waals surface area contributed by atoms with Crippen LogP contribution in [0.5, 0.6) is 0 Å². The maximum atomic E-state index is 11.2. The summed E-state index contributed by atoms with van der Waals surface area (Å²) in [5.41, 5.74) is 1.04. The van der Waals surface area contributed by atoms with Gasteiger partial charge in [0.25, 0.3) is 0 Å². The summed E-state index contributed by atoms with van der Waals surface area (Å²) in [7, 11) is 0. The molecule has 2 rings (SSSR count). The molecule has 3 atom stereocenters. The van der Waals surface area contributed by atoms with E-state index >= 15 is 0 Å². The van der Waals surface area contributed by atoms with Gasteiger partial charge in [-0.1, -0.05) is 40.0 Å².